The number of rotatable bonds is 6. The lowest BCUT2D eigenvalue weighted by molar-refractivity contribution is 0.141. The number of anilines is 2. The maximum absolute atomic E-state index is 12.9. The van der Waals surface area contributed by atoms with Crippen LogP contribution < -0.4 is 15.8 Å². The molecule has 4 aromatic rings. The highest BCUT2D eigenvalue weighted by atomic mass is 35.5. The van der Waals surface area contributed by atoms with Crippen LogP contribution in [0.2, 0.25) is 5.02 Å². The van der Waals surface area contributed by atoms with Gasteiger partial charge in [-0.05, 0) is 62.1 Å². The van der Waals surface area contributed by atoms with E-state index >= 15 is 0 Å². The molecule has 0 aliphatic heterocycles. The Morgan fingerprint density at radius 3 is 2.38 bits per heavy atom. The van der Waals surface area contributed by atoms with E-state index in [2.05, 4.69) is 15.4 Å². The first-order valence-electron chi connectivity index (χ1n) is 11.0. The highest BCUT2D eigenvalue weighted by Gasteiger charge is 2.22. The summed E-state index contributed by atoms with van der Waals surface area (Å²) in [5.41, 5.74) is 7.15. The number of benzene rings is 2. The molecule has 1 aliphatic carbocycles. The molecule has 2 aromatic heterocycles. The van der Waals surface area contributed by atoms with Gasteiger partial charge in [-0.1, -0.05) is 29.8 Å². The van der Waals surface area contributed by atoms with E-state index in [1.165, 1.54) is 6.20 Å². The maximum atomic E-state index is 12.9. The Morgan fingerprint density at radius 2 is 1.68 bits per heavy atom. The molecule has 34 heavy (non-hydrogen) atoms. The average molecular weight is 498 g/mol. The fraction of sp³-hybridized carbons (Fsp3) is 0.250. The van der Waals surface area contributed by atoms with Gasteiger partial charge in [0.1, 0.15) is 16.9 Å². The highest BCUT2D eigenvalue weighted by Crippen LogP contribution is 2.29. The number of fused-ring (bicyclic) bond motifs is 1. The summed E-state index contributed by atoms with van der Waals surface area (Å²) >= 11 is 6.30. The SMILES string of the molecule is N[C@H]1CC[C@H](Oc2cc(Nc3ccc(S(=O)(=O)c4ccccc4)cc3)n3ncc(Cl)c3n2)CC1. The fourth-order valence-electron chi connectivity index (χ4n) is 4.04. The molecule has 0 atom stereocenters. The minimum absolute atomic E-state index is 0.0479. The van der Waals surface area contributed by atoms with Gasteiger partial charge in [0.2, 0.25) is 15.7 Å². The molecule has 5 rings (SSSR count). The molecule has 0 unspecified atom stereocenters. The minimum Gasteiger partial charge on any atom is -0.474 e. The monoisotopic (exact) mass is 497 g/mol. The van der Waals surface area contributed by atoms with Crippen molar-refractivity contribution >= 4 is 38.6 Å². The van der Waals surface area contributed by atoms with Crippen molar-refractivity contribution in [3.63, 3.8) is 0 Å². The van der Waals surface area contributed by atoms with Gasteiger partial charge in [0.15, 0.2) is 5.65 Å². The standard InChI is InChI=1S/C24H24ClN5O3S/c25-21-15-27-30-22(14-23(29-24(21)30)33-18-10-6-16(26)7-11-18)28-17-8-12-20(13-9-17)34(31,32)19-4-2-1-3-5-19/h1-5,8-9,12-16,18,28H,6-7,10-11,26H2/t16-,18-. The zero-order valence-electron chi connectivity index (χ0n) is 18.3. The maximum Gasteiger partial charge on any atom is 0.219 e. The molecule has 8 nitrogen and oxygen atoms in total. The predicted molar refractivity (Wildman–Crippen MR) is 130 cm³/mol. The first kappa shape index (κ1) is 22.6. The number of nitrogens with two attached hydrogens (primary N) is 1. The molecule has 2 heterocycles. The Bertz CT molecular complexity index is 1400. The summed E-state index contributed by atoms with van der Waals surface area (Å²) in [6.07, 6.45) is 5.16. The molecule has 0 radical (unpaired) electrons. The minimum atomic E-state index is -3.59. The lowest BCUT2D eigenvalue weighted by Crippen LogP contribution is -2.31. The van der Waals surface area contributed by atoms with Crippen LogP contribution in [-0.2, 0) is 9.84 Å². The van der Waals surface area contributed by atoms with Crippen LogP contribution >= 0.6 is 11.6 Å². The summed E-state index contributed by atoms with van der Waals surface area (Å²) in [5, 5.41) is 7.98. The molecule has 0 saturated heterocycles. The summed E-state index contributed by atoms with van der Waals surface area (Å²) in [5.74, 6) is 1.04. The quantitative estimate of drug-likeness (QED) is 0.400. The Morgan fingerprint density at radius 1 is 1.00 bits per heavy atom. The van der Waals surface area contributed by atoms with E-state index in [0.717, 1.165) is 25.7 Å². The Labute approximate surface area is 202 Å². The molecule has 3 N–H and O–H groups in total. The third-order valence-corrected chi connectivity index (χ3v) is 7.95. The van der Waals surface area contributed by atoms with Crippen LogP contribution in [0.3, 0.4) is 0 Å². The number of nitrogens with zero attached hydrogens (tertiary/aromatic N) is 3. The van der Waals surface area contributed by atoms with Crippen LogP contribution in [-0.4, -0.2) is 35.2 Å². The van der Waals surface area contributed by atoms with Crippen LogP contribution in [0.5, 0.6) is 5.88 Å². The number of sulfone groups is 1. The van der Waals surface area contributed by atoms with Crippen molar-refractivity contribution in [1.82, 2.24) is 14.6 Å². The van der Waals surface area contributed by atoms with Crippen molar-refractivity contribution < 1.29 is 13.2 Å². The summed E-state index contributed by atoms with van der Waals surface area (Å²) < 4.78 is 33.4. The summed E-state index contributed by atoms with van der Waals surface area (Å²) in [4.78, 5) is 4.99. The second-order valence-electron chi connectivity index (χ2n) is 8.33. The van der Waals surface area contributed by atoms with Gasteiger partial charge in [-0.3, -0.25) is 0 Å². The largest absolute Gasteiger partial charge is 0.474 e. The number of nitrogens with one attached hydrogen (secondary N) is 1. The van der Waals surface area contributed by atoms with E-state index in [-0.39, 0.29) is 21.9 Å². The number of aromatic nitrogens is 3. The molecule has 10 heteroatoms. The molecule has 1 saturated carbocycles. The molecule has 2 aromatic carbocycles. The lowest BCUT2D eigenvalue weighted by Gasteiger charge is -2.26. The first-order chi connectivity index (χ1) is 16.4. The Balaban J connectivity index is 1.41. The van der Waals surface area contributed by atoms with Crippen molar-refractivity contribution in [3.8, 4) is 5.88 Å². The van der Waals surface area contributed by atoms with Gasteiger partial charge in [0, 0.05) is 17.8 Å². The average Bonchev–Trinajstić information content (AvgIpc) is 3.22. The normalized spacial score (nSPS) is 18.6. The third kappa shape index (κ3) is 4.59. The summed E-state index contributed by atoms with van der Waals surface area (Å²) in [6, 6.07) is 16.9. The highest BCUT2D eigenvalue weighted by molar-refractivity contribution is 7.91. The zero-order valence-corrected chi connectivity index (χ0v) is 19.8. The third-order valence-electron chi connectivity index (χ3n) is 5.90. The van der Waals surface area contributed by atoms with E-state index in [1.54, 1.807) is 65.2 Å². The van der Waals surface area contributed by atoms with Crippen molar-refractivity contribution in [2.24, 2.45) is 5.73 Å². The number of hydrogen-bond donors (Lipinski definition) is 2. The van der Waals surface area contributed by atoms with Gasteiger partial charge in [-0.25, -0.2) is 8.42 Å². The topological polar surface area (TPSA) is 112 Å². The Kier molecular flexibility index (Phi) is 6.16. The molecule has 176 valence electrons. The van der Waals surface area contributed by atoms with Gasteiger partial charge in [0.25, 0.3) is 0 Å². The van der Waals surface area contributed by atoms with E-state index in [4.69, 9.17) is 22.1 Å². The van der Waals surface area contributed by atoms with E-state index in [9.17, 15) is 8.42 Å². The van der Waals surface area contributed by atoms with Crippen LogP contribution in [0.25, 0.3) is 5.65 Å². The second kappa shape index (κ2) is 9.25. The van der Waals surface area contributed by atoms with Crippen molar-refractivity contribution in [1.29, 1.82) is 0 Å². The summed E-state index contributed by atoms with van der Waals surface area (Å²) in [7, 11) is -3.59. The van der Waals surface area contributed by atoms with E-state index < -0.39 is 9.84 Å². The van der Waals surface area contributed by atoms with E-state index in [1.807, 2.05) is 0 Å². The van der Waals surface area contributed by atoms with Crippen molar-refractivity contribution in [2.45, 2.75) is 47.6 Å². The number of ether oxygens (including phenoxy) is 1. The number of halogens is 1. The van der Waals surface area contributed by atoms with Gasteiger partial charge in [0.05, 0.1) is 16.0 Å². The second-order valence-corrected chi connectivity index (χ2v) is 10.7. The fourth-order valence-corrected chi connectivity index (χ4v) is 5.49. The van der Waals surface area contributed by atoms with Crippen LogP contribution in [0.15, 0.2) is 76.7 Å². The van der Waals surface area contributed by atoms with Gasteiger partial charge in [-0.15, -0.1) is 0 Å². The van der Waals surface area contributed by atoms with Crippen LogP contribution in [0.1, 0.15) is 25.7 Å². The molecule has 1 aliphatic rings. The summed E-state index contributed by atoms with van der Waals surface area (Å²) in [6.45, 7) is 0. The van der Waals surface area contributed by atoms with Crippen LogP contribution in [0, 0.1) is 0 Å². The van der Waals surface area contributed by atoms with E-state index in [0.29, 0.717) is 28.1 Å². The first-order valence-corrected chi connectivity index (χ1v) is 12.9. The molecule has 1 fully saturated rings. The van der Waals surface area contributed by atoms with Gasteiger partial charge in [-0.2, -0.15) is 14.6 Å². The Hall–Kier alpha value is -3.14. The van der Waals surface area contributed by atoms with Crippen LogP contribution in [0.4, 0.5) is 11.5 Å². The molecule has 0 bridgehead atoms. The number of hydrogen-bond acceptors (Lipinski definition) is 7. The van der Waals surface area contributed by atoms with Gasteiger partial charge >= 0.3 is 0 Å². The van der Waals surface area contributed by atoms with Crippen molar-refractivity contribution in [3.05, 3.63) is 71.9 Å². The molecular formula is C24H24ClN5O3S. The molecular weight excluding hydrogens is 474 g/mol. The predicted octanol–water partition coefficient (Wildman–Crippen LogP) is 4.61. The van der Waals surface area contributed by atoms with Gasteiger partial charge < -0.3 is 15.8 Å². The molecule has 0 spiro atoms. The smallest absolute Gasteiger partial charge is 0.219 e. The zero-order chi connectivity index (χ0) is 23.7. The van der Waals surface area contributed by atoms with Crippen molar-refractivity contribution in [2.75, 3.05) is 5.32 Å². The lowest BCUT2D eigenvalue weighted by atomic mass is 9.94. The molecule has 0 amide bonds.